The Bertz CT molecular complexity index is 1250. The van der Waals surface area contributed by atoms with Gasteiger partial charge in [-0.25, -0.2) is 0 Å². The maximum Gasteiger partial charge on any atom is 0.295 e. The van der Waals surface area contributed by atoms with Crippen molar-refractivity contribution in [2.75, 3.05) is 13.7 Å². The van der Waals surface area contributed by atoms with Crippen molar-refractivity contribution in [3.05, 3.63) is 101 Å². The van der Waals surface area contributed by atoms with E-state index in [1.807, 2.05) is 56.3 Å². The Balaban J connectivity index is 1.79. The fourth-order valence-electron chi connectivity index (χ4n) is 4.28. The number of Topliss-reactive ketones (excluding diaryl/α,β-unsaturated/α-hetero) is 1. The summed E-state index contributed by atoms with van der Waals surface area (Å²) in [5.41, 5.74) is 3.25. The number of ketones is 1. The Labute approximate surface area is 205 Å². The van der Waals surface area contributed by atoms with Crippen LogP contribution in [0.2, 0.25) is 0 Å². The number of benzene rings is 3. The van der Waals surface area contributed by atoms with Crippen LogP contribution in [-0.2, 0) is 16.2 Å². The lowest BCUT2D eigenvalue weighted by Crippen LogP contribution is -2.30. The van der Waals surface area contributed by atoms with Gasteiger partial charge in [-0.1, -0.05) is 73.2 Å². The van der Waals surface area contributed by atoms with Crippen molar-refractivity contribution in [3.63, 3.8) is 0 Å². The largest absolute Gasteiger partial charge is 0.507 e. The molecule has 0 saturated carbocycles. The molecule has 1 amide bonds. The highest BCUT2D eigenvalue weighted by Gasteiger charge is 2.45. The predicted molar refractivity (Wildman–Crippen MR) is 134 cm³/mol. The summed E-state index contributed by atoms with van der Waals surface area (Å²) in [6, 6.07) is 21.6. The maximum absolute atomic E-state index is 13.1. The van der Waals surface area contributed by atoms with Crippen LogP contribution < -0.4 is 9.47 Å². The Hall–Kier alpha value is -4.06. The number of hydrogen-bond acceptors (Lipinski definition) is 5. The first-order valence-corrected chi connectivity index (χ1v) is 11.6. The molecular formula is C29H29NO5. The second kappa shape index (κ2) is 10.5. The summed E-state index contributed by atoms with van der Waals surface area (Å²) in [5.74, 6) is -0.464. The van der Waals surface area contributed by atoms with Crippen molar-refractivity contribution in [2.24, 2.45) is 0 Å². The smallest absolute Gasteiger partial charge is 0.295 e. The van der Waals surface area contributed by atoms with E-state index in [1.165, 1.54) is 4.90 Å². The minimum Gasteiger partial charge on any atom is -0.507 e. The van der Waals surface area contributed by atoms with Crippen molar-refractivity contribution in [1.29, 1.82) is 0 Å². The number of aliphatic hydroxyl groups excluding tert-OH is 1. The first-order valence-electron chi connectivity index (χ1n) is 11.6. The zero-order valence-corrected chi connectivity index (χ0v) is 20.2. The van der Waals surface area contributed by atoms with Crippen LogP contribution in [0.15, 0.2) is 78.4 Å². The molecule has 6 heteroatoms. The third-order valence-electron chi connectivity index (χ3n) is 6.07. The van der Waals surface area contributed by atoms with Gasteiger partial charge in [0.2, 0.25) is 0 Å². The van der Waals surface area contributed by atoms with Crippen LogP contribution in [0.4, 0.5) is 0 Å². The lowest BCUT2D eigenvalue weighted by molar-refractivity contribution is -0.139. The van der Waals surface area contributed by atoms with Crippen molar-refractivity contribution in [2.45, 2.75) is 32.9 Å². The highest BCUT2D eigenvalue weighted by Crippen LogP contribution is 2.42. The standard InChI is InChI=1S/C29H29NO5/c1-4-16-30-26(25(28(32)29(30)33)27(31)21-12-10-19(2)11-13-21)22-14-15-23(34-3)24(17-22)35-18-20-8-6-5-7-9-20/h5-15,17,26,31H,4,16,18H2,1-3H3/b27-25-. The molecule has 6 nitrogen and oxygen atoms in total. The first kappa shape index (κ1) is 24.1. The van der Waals surface area contributed by atoms with Gasteiger partial charge in [-0.2, -0.15) is 0 Å². The molecule has 1 saturated heterocycles. The Kier molecular flexibility index (Phi) is 7.20. The van der Waals surface area contributed by atoms with Crippen LogP contribution >= 0.6 is 0 Å². The summed E-state index contributed by atoms with van der Waals surface area (Å²) in [7, 11) is 1.56. The minimum absolute atomic E-state index is 0.0754. The minimum atomic E-state index is -0.735. The van der Waals surface area contributed by atoms with Gasteiger partial charge < -0.3 is 19.5 Å². The molecule has 0 bridgehead atoms. The van der Waals surface area contributed by atoms with E-state index in [1.54, 1.807) is 37.4 Å². The number of rotatable bonds is 8. The fourth-order valence-corrected chi connectivity index (χ4v) is 4.28. The summed E-state index contributed by atoms with van der Waals surface area (Å²) >= 11 is 0. The quantitative estimate of drug-likeness (QED) is 0.270. The van der Waals surface area contributed by atoms with Gasteiger partial charge in [0.15, 0.2) is 11.5 Å². The van der Waals surface area contributed by atoms with Crippen molar-refractivity contribution < 1.29 is 24.2 Å². The monoisotopic (exact) mass is 471 g/mol. The number of likely N-dealkylation sites (tertiary alicyclic amines) is 1. The third kappa shape index (κ3) is 4.92. The van der Waals surface area contributed by atoms with Gasteiger partial charge in [-0.3, -0.25) is 9.59 Å². The first-order chi connectivity index (χ1) is 16.9. The molecule has 1 aliphatic rings. The summed E-state index contributed by atoms with van der Waals surface area (Å²) in [6.45, 7) is 4.60. The topological polar surface area (TPSA) is 76.1 Å². The molecule has 1 aliphatic heterocycles. The van der Waals surface area contributed by atoms with Gasteiger partial charge in [0.05, 0.1) is 18.7 Å². The number of carbonyl (C=O) groups is 2. The highest BCUT2D eigenvalue weighted by atomic mass is 16.5. The van der Waals surface area contributed by atoms with Gasteiger partial charge in [0.1, 0.15) is 12.4 Å². The number of aliphatic hydroxyl groups is 1. The molecule has 35 heavy (non-hydrogen) atoms. The van der Waals surface area contributed by atoms with E-state index in [9.17, 15) is 14.7 Å². The zero-order valence-electron chi connectivity index (χ0n) is 20.2. The number of ether oxygens (including phenoxy) is 2. The van der Waals surface area contributed by atoms with Crippen molar-refractivity contribution in [1.82, 2.24) is 4.90 Å². The van der Waals surface area contributed by atoms with Crippen molar-refractivity contribution >= 4 is 17.4 Å². The third-order valence-corrected chi connectivity index (χ3v) is 6.07. The predicted octanol–water partition coefficient (Wildman–Crippen LogP) is 5.41. The van der Waals surface area contributed by atoms with E-state index >= 15 is 0 Å². The van der Waals surface area contributed by atoms with Gasteiger partial charge in [0, 0.05) is 12.1 Å². The van der Waals surface area contributed by atoms with Gasteiger partial charge in [-0.05, 0) is 36.6 Å². The average molecular weight is 472 g/mol. The number of methoxy groups -OCH3 is 1. The number of carbonyl (C=O) groups excluding carboxylic acids is 2. The lowest BCUT2D eigenvalue weighted by Gasteiger charge is -2.25. The molecule has 0 aromatic heterocycles. The second-order valence-electron chi connectivity index (χ2n) is 8.54. The molecule has 3 aromatic carbocycles. The summed E-state index contributed by atoms with van der Waals surface area (Å²) in [6.07, 6.45) is 0.668. The molecule has 180 valence electrons. The van der Waals surface area contributed by atoms with E-state index in [2.05, 4.69) is 0 Å². The zero-order chi connectivity index (χ0) is 24.9. The lowest BCUT2D eigenvalue weighted by atomic mass is 9.94. The summed E-state index contributed by atoms with van der Waals surface area (Å²) in [4.78, 5) is 27.6. The normalized spacial score (nSPS) is 17.0. The Morgan fingerprint density at radius 1 is 0.971 bits per heavy atom. The van der Waals surface area contributed by atoms with Crippen LogP contribution in [-0.4, -0.2) is 35.4 Å². The van der Waals surface area contributed by atoms with Crippen LogP contribution in [0.25, 0.3) is 5.76 Å². The molecule has 3 aromatic rings. The van der Waals surface area contributed by atoms with Gasteiger partial charge in [0.25, 0.3) is 11.7 Å². The number of aryl methyl sites for hydroxylation is 1. The molecule has 1 atom stereocenters. The van der Waals surface area contributed by atoms with E-state index in [4.69, 9.17) is 9.47 Å². The van der Waals surface area contributed by atoms with Gasteiger partial charge >= 0.3 is 0 Å². The van der Waals surface area contributed by atoms with Gasteiger partial charge in [-0.15, -0.1) is 0 Å². The maximum atomic E-state index is 13.1. The molecule has 1 N–H and O–H groups in total. The van der Waals surface area contributed by atoms with E-state index < -0.39 is 17.7 Å². The molecule has 0 spiro atoms. The summed E-state index contributed by atoms with van der Waals surface area (Å²) in [5, 5.41) is 11.2. The molecule has 0 aliphatic carbocycles. The Morgan fingerprint density at radius 3 is 2.34 bits per heavy atom. The second-order valence-corrected chi connectivity index (χ2v) is 8.54. The average Bonchev–Trinajstić information content (AvgIpc) is 3.13. The SMILES string of the molecule is CCCN1C(=O)C(=O)/C(=C(\O)c2ccc(C)cc2)C1c1ccc(OC)c(OCc2ccccc2)c1. The van der Waals surface area contributed by atoms with E-state index in [0.717, 1.165) is 11.1 Å². The molecule has 1 unspecified atom stereocenters. The molecular weight excluding hydrogens is 442 g/mol. The van der Waals surface area contributed by atoms with Crippen LogP contribution in [0.1, 0.15) is 41.6 Å². The van der Waals surface area contributed by atoms with Crippen molar-refractivity contribution in [3.8, 4) is 11.5 Å². The Morgan fingerprint density at radius 2 is 1.69 bits per heavy atom. The van der Waals surface area contributed by atoms with Crippen LogP contribution in [0, 0.1) is 6.92 Å². The highest BCUT2D eigenvalue weighted by molar-refractivity contribution is 6.46. The van der Waals surface area contributed by atoms with E-state index in [-0.39, 0.29) is 11.3 Å². The van der Waals surface area contributed by atoms with Crippen LogP contribution in [0.3, 0.4) is 0 Å². The fraction of sp³-hybridized carbons (Fsp3) is 0.241. The summed E-state index contributed by atoms with van der Waals surface area (Å²) < 4.78 is 11.6. The molecule has 4 rings (SSSR count). The molecule has 1 heterocycles. The number of hydrogen-bond donors (Lipinski definition) is 1. The molecule has 1 fully saturated rings. The van der Waals surface area contributed by atoms with E-state index in [0.29, 0.717) is 42.2 Å². The van der Waals surface area contributed by atoms with Crippen LogP contribution in [0.5, 0.6) is 11.5 Å². The molecule has 0 radical (unpaired) electrons. The number of amides is 1. The number of nitrogens with zero attached hydrogens (tertiary/aromatic N) is 1.